The lowest BCUT2D eigenvalue weighted by Crippen LogP contribution is -2.41. The number of benzene rings is 1. The van der Waals surface area contributed by atoms with Crippen LogP contribution in [0.1, 0.15) is 26.2 Å². The standard InChI is InChI=1S/C18H22FN5O2S/c1-3-7-27(25,26)23-10-13-5-4-6-24(11-13)18-14-8-17(20-2)15(19)9-16(14)21-12-22-18/h8-9,12-13,23H,3-7,10-11H2,1H3. The molecule has 1 saturated heterocycles. The van der Waals surface area contributed by atoms with Crippen LogP contribution in [0, 0.1) is 18.3 Å². The Hall–Kier alpha value is -2.31. The van der Waals surface area contributed by atoms with Crippen LogP contribution in [0.4, 0.5) is 15.9 Å². The highest BCUT2D eigenvalue weighted by Crippen LogP contribution is 2.31. The molecule has 0 aliphatic carbocycles. The van der Waals surface area contributed by atoms with Gasteiger partial charge in [-0.3, -0.25) is 0 Å². The van der Waals surface area contributed by atoms with Crippen LogP contribution in [-0.2, 0) is 10.0 Å². The van der Waals surface area contributed by atoms with Crippen LogP contribution < -0.4 is 9.62 Å². The highest BCUT2D eigenvalue weighted by atomic mass is 32.2. The number of hydrogen-bond acceptors (Lipinski definition) is 5. The molecule has 144 valence electrons. The molecule has 0 radical (unpaired) electrons. The van der Waals surface area contributed by atoms with E-state index in [4.69, 9.17) is 6.57 Å². The lowest BCUT2D eigenvalue weighted by atomic mass is 9.98. The number of piperidine rings is 1. The number of anilines is 1. The van der Waals surface area contributed by atoms with Crippen LogP contribution in [0.25, 0.3) is 15.7 Å². The summed E-state index contributed by atoms with van der Waals surface area (Å²) in [6, 6.07) is 2.74. The summed E-state index contributed by atoms with van der Waals surface area (Å²) < 4.78 is 40.4. The van der Waals surface area contributed by atoms with Crippen molar-refractivity contribution < 1.29 is 12.8 Å². The van der Waals surface area contributed by atoms with Gasteiger partial charge in [-0.1, -0.05) is 6.92 Å². The Bertz CT molecular complexity index is 974. The van der Waals surface area contributed by atoms with Gasteiger partial charge in [0, 0.05) is 25.0 Å². The summed E-state index contributed by atoms with van der Waals surface area (Å²) >= 11 is 0. The average molecular weight is 391 g/mol. The van der Waals surface area contributed by atoms with Gasteiger partial charge in [-0.2, -0.15) is 0 Å². The number of fused-ring (bicyclic) bond motifs is 1. The van der Waals surface area contributed by atoms with Crippen LogP contribution >= 0.6 is 0 Å². The highest BCUT2D eigenvalue weighted by Gasteiger charge is 2.24. The molecule has 2 heterocycles. The molecule has 1 aromatic carbocycles. The smallest absolute Gasteiger partial charge is 0.222 e. The highest BCUT2D eigenvalue weighted by molar-refractivity contribution is 7.89. The molecule has 3 rings (SSSR count). The van der Waals surface area contributed by atoms with Gasteiger partial charge in [0.1, 0.15) is 18.0 Å². The fourth-order valence-electron chi connectivity index (χ4n) is 3.40. The molecule has 1 atom stereocenters. The largest absolute Gasteiger partial charge is 0.356 e. The van der Waals surface area contributed by atoms with Crippen molar-refractivity contribution in [1.82, 2.24) is 14.7 Å². The Labute approximate surface area is 158 Å². The van der Waals surface area contributed by atoms with Gasteiger partial charge in [-0.05, 0) is 37.3 Å². The van der Waals surface area contributed by atoms with Gasteiger partial charge < -0.3 is 4.90 Å². The van der Waals surface area contributed by atoms with E-state index in [0.717, 1.165) is 19.4 Å². The summed E-state index contributed by atoms with van der Waals surface area (Å²) in [4.78, 5) is 13.8. The van der Waals surface area contributed by atoms with E-state index in [1.807, 2.05) is 6.92 Å². The van der Waals surface area contributed by atoms with Crippen LogP contribution in [0.2, 0.25) is 0 Å². The number of nitrogens with one attached hydrogen (secondary N) is 1. The van der Waals surface area contributed by atoms with Crippen LogP contribution in [-0.4, -0.2) is 43.8 Å². The molecule has 0 spiro atoms. The lowest BCUT2D eigenvalue weighted by molar-refractivity contribution is 0.409. The van der Waals surface area contributed by atoms with Crippen molar-refractivity contribution in [3.63, 3.8) is 0 Å². The molecule has 1 N–H and O–H groups in total. The van der Waals surface area contributed by atoms with Gasteiger partial charge in [0.25, 0.3) is 0 Å². The zero-order valence-corrected chi connectivity index (χ0v) is 16.0. The number of rotatable bonds is 6. The Kier molecular flexibility index (Phi) is 5.87. The molecule has 0 saturated carbocycles. The van der Waals surface area contributed by atoms with Gasteiger partial charge in [0.2, 0.25) is 15.7 Å². The van der Waals surface area contributed by atoms with Crippen molar-refractivity contribution in [2.45, 2.75) is 26.2 Å². The Morgan fingerprint density at radius 1 is 1.41 bits per heavy atom. The maximum atomic E-state index is 13.9. The number of aromatic nitrogens is 2. The molecular weight excluding hydrogens is 369 g/mol. The Morgan fingerprint density at radius 2 is 2.22 bits per heavy atom. The number of sulfonamides is 1. The van der Waals surface area contributed by atoms with Gasteiger partial charge in [0.05, 0.1) is 17.8 Å². The maximum Gasteiger partial charge on any atom is 0.222 e. The third kappa shape index (κ3) is 4.51. The van der Waals surface area contributed by atoms with E-state index < -0.39 is 15.8 Å². The number of hydrogen-bond donors (Lipinski definition) is 1. The zero-order chi connectivity index (χ0) is 19.4. The maximum absolute atomic E-state index is 13.9. The third-order valence-electron chi connectivity index (χ3n) is 4.69. The molecule has 9 heteroatoms. The summed E-state index contributed by atoms with van der Waals surface area (Å²) in [7, 11) is -3.23. The van der Waals surface area contributed by atoms with Gasteiger partial charge in [-0.25, -0.2) is 32.3 Å². The molecule has 0 amide bonds. The predicted molar refractivity (Wildman–Crippen MR) is 103 cm³/mol. The van der Waals surface area contributed by atoms with Gasteiger partial charge in [0.15, 0.2) is 0 Å². The van der Waals surface area contributed by atoms with Crippen molar-refractivity contribution in [2.75, 3.05) is 30.3 Å². The second-order valence-corrected chi connectivity index (χ2v) is 8.68. The van der Waals surface area contributed by atoms with Crippen molar-refractivity contribution in [1.29, 1.82) is 0 Å². The van der Waals surface area contributed by atoms with Crippen LogP contribution in [0.5, 0.6) is 0 Å². The molecule has 2 aromatic rings. The molecule has 1 fully saturated rings. The second-order valence-electron chi connectivity index (χ2n) is 6.75. The fourth-order valence-corrected chi connectivity index (χ4v) is 4.57. The first-order chi connectivity index (χ1) is 12.9. The topological polar surface area (TPSA) is 79.5 Å². The first-order valence-corrected chi connectivity index (χ1v) is 10.6. The first kappa shape index (κ1) is 19.5. The number of halogens is 1. The Balaban J connectivity index is 1.81. The lowest BCUT2D eigenvalue weighted by Gasteiger charge is -2.34. The summed E-state index contributed by atoms with van der Waals surface area (Å²) in [6.07, 6.45) is 3.81. The summed E-state index contributed by atoms with van der Waals surface area (Å²) in [5, 5.41) is 0.636. The quantitative estimate of drug-likeness (QED) is 0.766. The van der Waals surface area contributed by atoms with E-state index in [0.29, 0.717) is 36.2 Å². The molecule has 27 heavy (non-hydrogen) atoms. The molecule has 1 aliphatic heterocycles. The number of nitrogens with zero attached hydrogens (tertiary/aromatic N) is 4. The molecular formula is C18H22FN5O2S. The first-order valence-electron chi connectivity index (χ1n) is 8.97. The fraction of sp³-hybridized carbons (Fsp3) is 0.500. The minimum Gasteiger partial charge on any atom is -0.356 e. The van der Waals surface area contributed by atoms with E-state index in [2.05, 4.69) is 24.4 Å². The third-order valence-corrected chi connectivity index (χ3v) is 6.24. The average Bonchev–Trinajstić information content (AvgIpc) is 2.65. The molecule has 1 unspecified atom stereocenters. The SMILES string of the molecule is [C-]#[N+]c1cc2c(N3CCCC(CNS(=O)(=O)CCC)C3)ncnc2cc1F. The minimum atomic E-state index is -3.23. The van der Waals surface area contributed by atoms with Crippen molar-refractivity contribution >= 4 is 32.4 Å². The van der Waals surface area contributed by atoms with Crippen molar-refractivity contribution in [3.05, 3.63) is 35.7 Å². The van der Waals surface area contributed by atoms with Crippen LogP contribution in [0.3, 0.4) is 0 Å². The summed E-state index contributed by atoms with van der Waals surface area (Å²) in [6.45, 7) is 10.8. The van der Waals surface area contributed by atoms with E-state index in [-0.39, 0.29) is 17.4 Å². The molecule has 7 nitrogen and oxygen atoms in total. The minimum absolute atomic E-state index is 0.0561. The normalized spacial score (nSPS) is 17.8. The molecule has 1 aromatic heterocycles. The summed E-state index contributed by atoms with van der Waals surface area (Å²) in [5.74, 6) is 0.358. The monoisotopic (exact) mass is 391 g/mol. The van der Waals surface area contributed by atoms with Crippen LogP contribution in [0.15, 0.2) is 18.5 Å². The second kappa shape index (κ2) is 8.15. The van der Waals surface area contributed by atoms with E-state index in [9.17, 15) is 12.8 Å². The van der Waals surface area contributed by atoms with E-state index in [1.54, 1.807) is 0 Å². The Morgan fingerprint density at radius 3 is 2.96 bits per heavy atom. The molecule has 1 aliphatic rings. The van der Waals surface area contributed by atoms with Gasteiger partial charge in [-0.15, -0.1) is 0 Å². The van der Waals surface area contributed by atoms with Crippen molar-refractivity contribution in [3.8, 4) is 0 Å². The van der Waals surface area contributed by atoms with E-state index >= 15 is 0 Å². The van der Waals surface area contributed by atoms with Gasteiger partial charge >= 0.3 is 0 Å². The van der Waals surface area contributed by atoms with E-state index in [1.165, 1.54) is 18.5 Å². The molecule has 0 bridgehead atoms. The predicted octanol–water partition coefficient (Wildman–Crippen LogP) is 2.87. The summed E-state index contributed by atoms with van der Waals surface area (Å²) in [5.41, 5.74) is 0.398. The van der Waals surface area contributed by atoms with Crippen molar-refractivity contribution in [2.24, 2.45) is 5.92 Å². The zero-order valence-electron chi connectivity index (χ0n) is 15.2.